The van der Waals surface area contributed by atoms with Gasteiger partial charge in [0, 0.05) is 13.3 Å². The number of nitrogens with one attached hydrogen (secondary N) is 1. The maximum absolute atomic E-state index is 12.3. The lowest BCUT2D eigenvalue weighted by Crippen LogP contribution is -2.61. The second-order valence-electron chi connectivity index (χ2n) is 11.0. The van der Waals surface area contributed by atoms with Crippen molar-refractivity contribution in [3.8, 4) is 0 Å². The van der Waals surface area contributed by atoms with Crippen LogP contribution in [0.5, 0.6) is 0 Å². The molecule has 0 radical (unpaired) electrons. The molecule has 1 rings (SSSR count). The molecule has 0 bridgehead atoms. The summed E-state index contributed by atoms with van der Waals surface area (Å²) in [6, 6.07) is 7.52. The maximum atomic E-state index is 12.3. The Morgan fingerprint density at radius 1 is 1.03 bits per heavy atom. The molecule has 190 valence electrons. The lowest BCUT2D eigenvalue weighted by molar-refractivity contribution is -0.136. The Labute approximate surface area is 199 Å². The topological polar surface area (TPSA) is 58.6 Å². The van der Waals surface area contributed by atoms with E-state index in [-0.39, 0.29) is 17.4 Å². The Balaban J connectivity index is 2.75. The summed E-state index contributed by atoms with van der Waals surface area (Å²) in [6.07, 6.45) is -3.69. The highest BCUT2D eigenvalue weighted by Crippen LogP contribution is 2.33. The monoisotopic (exact) mass is 489 g/mol. The molecule has 0 heterocycles. The minimum atomic E-state index is -4.15. The van der Waals surface area contributed by atoms with Crippen LogP contribution in [-0.4, -0.2) is 38.1 Å². The van der Waals surface area contributed by atoms with Gasteiger partial charge in [0.15, 0.2) is 9.76 Å². The van der Waals surface area contributed by atoms with Crippen LogP contribution in [0.15, 0.2) is 24.3 Å². The van der Waals surface area contributed by atoms with E-state index in [9.17, 15) is 23.1 Å². The van der Waals surface area contributed by atoms with E-state index < -0.39 is 39.6 Å². The van der Waals surface area contributed by atoms with Crippen molar-refractivity contribution in [2.45, 2.75) is 115 Å². The molecule has 0 saturated carbocycles. The Hall–Kier alpha value is -1.38. The summed E-state index contributed by atoms with van der Waals surface area (Å²) in [4.78, 5) is 12.0. The summed E-state index contributed by atoms with van der Waals surface area (Å²) in [5.74, 6) is -0.101. The number of carbonyl (C=O) groups is 1. The lowest BCUT2D eigenvalue weighted by atomic mass is 9.79. The van der Waals surface area contributed by atoms with Crippen LogP contribution in [0.1, 0.15) is 97.8 Å². The third-order valence-corrected chi connectivity index (χ3v) is 7.84. The van der Waals surface area contributed by atoms with Gasteiger partial charge in [-0.2, -0.15) is 13.2 Å². The van der Waals surface area contributed by atoms with Gasteiger partial charge in [0.25, 0.3) is 0 Å². The number of aliphatic hydroxyl groups is 1. The van der Waals surface area contributed by atoms with E-state index in [0.29, 0.717) is 31.2 Å². The molecule has 0 saturated heterocycles. The number of benzene rings is 1. The lowest BCUT2D eigenvalue weighted by Gasteiger charge is -2.46. The van der Waals surface area contributed by atoms with Crippen molar-refractivity contribution in [3.63, 3.8) is 0 Å². The standard InChI is InChI=1S/C25H42F3NO3Si/c1-18(30)29-24(7,23(5,6)32-33-22(2,3)4)17-15-19-11-13-20(14-12-19)21(31)10-8-9-16-25(26,27)28/h11-14,21,31H,8-10,15-17,33H2,1-7H3,(H,29,30)/t21?,24-/m1/s1. The molecule has 1 amide bonds. The first kappa shape index (κ1) is 29.6. The average Bonchev–Trinajstić information content (AvgIpc) is 2.66. The molecule has 0 spiro atoms. The number of alkyl halides is 3. The van der Waals surface area contributed by atoms with Gasteiger partial charge in [-0.25, -0.2) is 0 Å². The van der Waals surface area contributed by atoms with Gasteiger partial charge in [-0.3, -0.25) is 4.79 Å². The first-order valence-electron chi connectivity index (χ1n) is 11.7. The smallest absolute Gasteiger partial charge is 0.389 e. The molecule has 1 unspecified atom stereocenters. The SMILES string of the molecule is CC(=O)N[C@](C)(CCc1ccc(C(O)CCCCC(F)(F)F)cc1)C(C)(C)O[SiH2]C(C)(C)C. The summed E-state index contributed by atoms with van der Waals surface area (Å²) in [7, 11) is -0.821. The van der Waals surface area contributed by atoms with Gasteiger partial charge in [-0.15, -0.1) is 0 Å². The normalized spacial score (nSPS) is 16.1. The highest BCUT2D eigenvalue weighted by molar-refractivity contribution is 6.31. The maximum Gasteiger partial charge on any atom is 0.389 e. The van der Waals surface area contributed by atoms with Gasteiger partial charge in [0.1, 0.15) is 0 Å². The van der Waals surface area contributed by atoms with Gasteiger partial charge in [-0.1, -0.05) is 51.5 Å². The van der Waals surface area contributed by atoms with E-state index in [0.717, 1.165) is 5.56 Å². The van der Waals surface area contributed by atoms with E-state index in [1.54, 1.807) is 0 Å². The van der Waals surface area contributed by atoms with Crippen LogP contribution in [-0.2, 0) is 15.6 Å². The molecule has 0 aliphatic rings. The first-order valence-corrected chi connectivity index (χ1v) is 13.0. The van der Waals surface area contributed by atoms with E-state index in [4.69, 9.17) is 4.43 Å². The molecular weight excluding hydrogens is 447 g/mol. The van der Waals surface area contributed by atoms with Crippen molar-refractivity contribution in [1.82, 2.24) is 5.32 Å². The van der Waals surface area contributed by atoms with E-state index >= 15 is 0 Å². The highest BCUT2D eigenvalue weighted by atomic mass is 28.2. The summed E-state index contributed by atoms with van der Waals surface area (Å²) in [6.45, 7) is 14.1. The zero-order valence-electron chi connectivity index (χ0n) is 21.2. The van der Waals surface area contributed by atoms with Crippen molar-refractivity contribution in [1.29, 1.82) is 0 Å². The number of aliphatic hydroxyl groups excluding tert-OH is 1. The van der Waals surface area contributed by atoms with E-state index in [1.807, 2.05) is 45.0 Å². The number of hydrogen-bond acceptors (Lipinski definition) is 3. The van der Waals surface area contributed by atoms with E-state index in [2.05, 4.69) is 26.1 Å². The zero-order chi connectivity index (χ0) is 25.5. The fourth-order valence-corrected chi connectivity index (χ4v) is 4.70. The Kier molecular flexibility index (Phi) is 10.6. The number of unbranched alkanes of at least 4 members (excludes halogenated alkanes) is 1. The largest absolute Gasteiger partial charge is 0.416 e. The van der Waals surface area contributed by atoms with Crippen LogP contribution in [0.3, 0.4) is 0 Å². The van der Waals surface area contributed by atoms with Crippen LogP contribution < -0.4 is 5.32 Å². The van der Waals surface area contributed by atoms with Crippen LogP contribution in [0.4, 0.5) is 13.2 Å². The molecule has 2 atom stereocenters. The average molecular weight is 490 g/mol. The minimum absolute atomic E-state index is 0.0241. The van der Waals surface area contributed by atoms with Crippen molar-refractivity contribution >= 4 is 15.7 Å². The number of carbonyl (C=O) groups excluding carboxylic acids is 1. The second kappa shape index (κ2) is 11.8. The molecule has 1 aromatic rings. The molecule has 0 fully saturated rings. The minimum Gasteiger partial charge on any atom is -0.416 e. The molecule has 2 N–H and O–H groups in total. The molecule has 8 heteroatoms. The van der Waals surface area contributed by atoms with Gasteiger partial charge in [0.05, 0.1) is 17.2 Å². The third kappa shape index (κ3) is 11.1. The predicted molar refractivity (Wildman–Crippen MR) is 130 cm³/mol. The first-order chi connectivity index (χ1) is 14.9. The summed E-state index contributed by atoms with van der Waals surface area (Å²) in [5, 5.41) is 13.5. The highest BCUT2D eigenvalue weighted by Gasteiger charge is 2.42. The Morgan fingerprint density at radius 2 is 1.61 bits per heavy atom. The molecule has 33 heavy (non-hydrogen) atoms. The summed E-state index contributed by atoms with van der Waals surface area (Å²) < 4.78 is 43.1. The van der Waals surface area contributed by atoms with Gasteiger partial charge in [0.2, 0.25) is 5.91 Å². The van der Waals surface area contributed by atoms with E-state index in [1.165, 1.54) is 6.92 Å². The fraction of sp³-hybridized carbons (Fsp3) is 0.720. The zero-order valence-corrected chi connectivity index (χ0v) is 22.6. The predicted octanol–water partition coefficient (Wildman–Crippen LogP) is 5.77. The van der Waals surface area contributed by atoms with Crippen LogP contribution in [0.2, 0.25) is 5.04 Å². The van der Waals surface area contributed by atoms with Crippen molar-refractivity contribution < 1.29 is 27.5 Å². The molecule has 4 nitrogen and oxygen atoms in total. The van der Waals surface area contributed by atoms with Gasteiger partial charge < -0.3 is 14.8 Å². The quantitative estimate of drug-likeness (QED) is 0.290. The number of rotatable bonds is 12. The Morgan fingerprint density at radius 3 is 2.09 bits per heavy atom. The third-order valence-electron chi connectivity index (χ3n) is 6.11. The molecule has 0 aromatic heterocycles. The van der Waals surface area contributed by atoms with Gasteiger partial charge in [-0.05, 0) is 62.6 Å². The van der Waals surface area contributed by atoms with Crippen LogP contribution in [0, 0.1) is 0 Å². The number of aryl methyl sites for hydroxylation is 1. The van der Waals surface area contributed by atoms with Crippen LogP contribution >= 0.6 is 0 Å². The Bertz CT molecular complexity index is 745. The fourth-order valence-electron chi connectivity index (χ4n) is 3.59. The van der Waals surface area contributed by atoms with Crippen molar-refractivity contribution in [2.75, 3.05) is 0 Å². The van der Waals surface area contributed by atoms with Crippen LogP contribution in [0.25, 0.3) is 0 Å². The van der Waals surface area contributed by atoms with Crippen molar-refractivity contribution in [3.05, 3.63) is 35.4 Å². The summed E-state index contributed by atoms with van der Waals surface area (Å²) >= 11 is 0. The summed E-state index contributed by atoms with van der Waals surface area (Å²) in [5.41, 5.74) is 0.664. The number of amides is 1. The van der Waals surface area contributed by atoms with Crippen molar-refractivity contribution in [2.24, 2.45) is 0 Å². The van der Waals surface area contributed by atoms with Gasteiger partial charge >= 0.3 is 6.18 Å². The molecule has 0 aliphatic carbocycles. The second-order valence-corrected chi connectivity index (χ2v) is 13.7. The number of hydrogen-bond donors (Lipinski definition) is 2. The molecule has 0 aliphatic heterocycles. The molecular formula is C25H42F3NO3Si. The number of halogens is 3. The molecule has 1 aromatic carbocycles.